The monoisotopic (exact) mass is 370 g/mol. The number of hydrogen-bond acceptors (Lipinski definition) is 4. The minimum atomic E-state index is -0.276. The predicted molar refractivity (Wildman–Crippen MR) is 107 cm³/mol. The van der Waals surface area contributed by atoms with Crippen molar-refractivity contribution in [3.8, 4) is 0 Å². The average molecular weight is 370 g/mol. The molecule has 2 N–H and O–H groups in total. The minimum absolute atomic E-state index is 0.109. The van der Waals surface area contributed by atoms with Gasteiger partial charge in [0, 0.05) is 36.6 Å². The number of hydrogen-bond donors (Lipinski definition) is 1. The summed E-state index contributed by atoms with van der Waals surface area (Å²) in [5, 5.41) is 0. The third-order valence-corrected chi connectivity index (χ3v) is 4.76. The molecule has 4 aromatic rings. The zero-order valence-electron chi connectivity index (χ0n) is 15.1. The number of nitrogens with zero attached hydrogens (tertiary/aromatic N) is 3. The molecule has 0 saturated heterocycles. The molecular weight excluding hydrogens is 351 g/mol. The maximum absolute atomic E-state index is 13.6. The van der Waals surface area contributed by atoms with Gasteiger partial charge in [0.1, 0.15) is 11.6 Å². The molecule has 0 aliphatic heterocycles. The Labute approximate surface area is 162 Å². The molecule has 3 aromatic heterocycles. The molecular formula is C23H19FN4. The second-order valence-electron chi connectivity index (χ2n) is 6.57. The highest BCUT2D eigenvalue weighted by molar-refractivity contribution is 5.43. The molecule has 0 aliphatic rings. The van der Waals surface area contributed by atoms with Crippen molar-refractivity contribution in [1.29, 1.82) is 0 Å². The van der Waals surface area contributed by atoms with Crippen LogP contribution in [0.15, 0.2) is 91.5 Å². The van der Waals surface area contributed by atoms with Gasteiger partial charge in [-0.15, -0.1) is 0 Å². The Morgan fingerprint density at radius 2 is 1.32 bits per heavy atom. The summed E-state index contributed by atoms with van der Waals surface area (Å²) in [5.74, 6) is -0.122. The molecule has 4 nitrogen and oxygen atoms in total. The summed E-state index contributed by atoms with van der Waals surface area (Å²) in [6.07, 6.45) is 7.19. The van der Waals surface area contributed by atoms with Gasteiger partial charge in [0.2, 0.25) is 0 Å². The molecule has 138 valence electrons. The van der Waals surface area contributed by atoms with Crippen molar-refractivity contribution in [3.63, 3.8) is 0 Å². The lowest BCUT2D eigenvalue weighted by Gasteiger charge is -2.28. The number of pyridine rings is 3. The Balaban J connectivity index is 1.94. The van der Waals surface area contributed by atoms with Crippen LogP contribution in [0.4, 0.5) is 10.2 Å². The summed E-state index contributed by atoms with van der Waals surface area (Å²) in [4.78, 5) is 13.2. The van der Waals surface area contributed by atoms with E-state index in [1.165, 1.54) is 12.1 Å². The second-order valence-corrected chi connectivity index (χ2v) is 6.57. The van der Waals surface area contributed by atoms with E-state index in [2.05, 4.69) is 15.0 Å². The number of rotatable bonds is 5. The number of nitrogen functional groups attached to an aromatic ring is 1. The van der Waals surface area contributed by atoms with Crippen molar-refractivity contribution in [1.82, 2.24) is 15.0 Å². The van der Waals surface area contributed by atoms with Crippen LogP contribution in [0.2, 0.25) is 0 Å². The first-order valence-electron chi connectivity index (χ1n) is 9.00. The normalized spacial score (nSPS) is 12.1. The van der Waals surface area contributed by atoms with Crippen molar-refractivity contribution in [2.45, 2.75) is 11.8 Å². The molecule has 3 heterocycles. The smallest absolute Gasteiger partial charge is 0.123 e. The number of nitrogens with two attached hydrogens (primary N) is 1. The van der Waals surface area contributed by atoms with Crippen molar-refractivity contribution < 1.29 is 4.39 Å². The van der Waals surface area contributed by atoms with Crippen LogP contribution in [0.25, 0.3) is 0 Å². The molecule has 1 unspecified atom stereocenters. The number of halogens is 1. The summed E-state index contributed by atoms with van der Waals surface area (Å²) in [6, 6.07) is 20.0. The van der Waals surface area contributed by atoms with Gasteiger partial charge in [0.15, 0.2) is 0 Å². The Morgan fingerprint density at radius 3 is 1.86 bits per heavy atom. The van der Waals surface area contributed by atoms with Gasteiger partial charge in [0.25, 0.3) is 0 Å². The molecule has 0 bridgehead atoms. The standard InChI is InChI=1S/C23H19FN4/c24-19-10-8-16(9-11-19)23(20-6-1-7-21(25)28-20)22(17-4-2-12-26-14-17)18-5-3-13-27-15-18/h1-15,22-23H,(H2,25,28). The van der Waals surface area contributed by atoms with Crippen LogP contribution in [0.3, 0.4) is 0 Å². The van der Waals surface area contributed by atoms with Gasteiger partial charge in [-0.05, 0) is 53.1 Å². The molecule has 0 radical (unpaired) electrons. The number of anilines is 1. The van der Waals surface area contributed by atoms with Gasteiger partial charge in [-0.1, -0.05) is 30.3 Å². The van der Waals surface area contributed by atoms with Gasteiger partial charge in [-0.2, -0.15) is 0 Å². The van der Waals surface area contributed by atoms with Crippen LogP contribution < -0.4 is 5.73 Å². The highest BCUT2D eigenvalue weighted by Crippen LogP contribution is 2.42. The van der Waals surface area contributed by atoms with E-state index in [1.807, 2.05) is 48.8 Å². The fourth-order valence-corrected chi connectivity index (χ4v) is 3.54. The van der Waals surface area contributed by atoms with E-state index in [1.54, 1.807) is 30.6 Å². The van der Waals surface area contributed by atoms with Crippen LogP contribution in [0, 0.1) is 5.82 Å². The lowest BCUT2D eigenvalue weighted by atomic mass is 9.76. The highest BCUT2D eigenvalue weighted by Gasteiger charge is 2.29. The van der Waals surface area contributed by atoms with Gasteiger partial charge in [0.05, 0.1) is 5.69 Å². The Hall–Kier alpha value is -3.60. The maximum Gasteiger partial charge on any atom is 0.123 e. The van der Waals surface area contributed by atoms with Gasteiger partial charge < -0.3 is 5.73 Å². The first kappa shape index (κ1) is 17.8. The minimum Gasteiger partial charge on any atom is -0.384 e. The fourth-order valence-electron chi connectivity index (χ4n) is 3.54. The van der Waals surface area contributed by atoms with Gasteiger partial charge in [-0.25, -0.2) is 9.37 Å². The van der Waals surface area contributed by atoms with Crippen molar-refractivity contribution in [2.24, 2.45) is 0 Å². The van der Waals surface area contributed by atoms with E-state index in [0.29, 0.717) is 5.82 Å². The summed E-state index contributed by atoms with van der Waals surface area (Å²) in [6.45, 7) is 0. The van der Waals surface area contributed by atoms with Crippen molar-refractivity contribution >= 4 is 5.82 Å². The van der Waals surface area contributed by atoms with Gasteiger partial charge in [-0.3, -0.25) is 9.97 Å². The lowest BCUT2D eigenvalue weighted by molar-refractivity contribution is 0.622. The van der Waals surface area contributed by atoms with E-state index >= 15 is 0 Å². The molecule has 28 heavy (non-hydrogen) atoms. The second kappa shape index (κ2) is 7.96. The van der Waals surface area contributed by atoms with Crippen LogP contribution in [-0.2, 0) is 0 Å². The molecule has 0 spiro atoms. The zero-order valence-corrected chi connectivity index (χ0v) is 15.1. The zero-order chi connectivity index (χ0) is 19.3. The molecule has 5 heteroatoms. The molecule has 0 aliphatic carbocycles. The van der Waals surface area contributed by atoms with Crippen molar-refractivity contribution in [2.75, 3.05) is 5.73 Å². The topological polar surface area (TPSA) is 64.7 Å². The molecule has 0 saturated carbocycles. The molecule has 4 rings (SSSR count). The van der Waals surface area contributed by atoms with Crippen LogP contribution in [-0.4, -0.2) is 15.0 Å². The number of benzene rings is 1. The van der Waals surface area contributed by atoms with E-state index in [4.69, 9.17) is 5.73 Å². The molecule has 1 aromatic carbocycles. The number of aromatic nitrogens is 3. The molecule has 1 atom stereocenters. The summed E-state index contributed by atoms with van der Waals surface area (Å²) in [7, 11) is 0. The van der Waals surface area contributed by atoms with E-state index in [0.717, 1.165) is 22.4 Å². The Bertz CT molecular complexity index is 997. The lowest BCUT2D eigenvalue weighted by Crippen LogP contribution is -2.17. The fraction of sp³-hybridized carbons (Fsp3) is 0.0870. The summed E-state index contributed by atoms with van der Waals surface area (Å²) in [5.41, 5.74) is 9.78. The highest BCUT2D eigenvalue weighted by atomic mass is 19.1. The van der Waals surface area contributed by atoms with Crippen LogP contribution in [0.1, 0.15) is 34.2 Å². The summed E-state index contributed by atoms with van der Waals surface area (Å²) >= 11 is 0. The third kappa shape index (κ3) is 3.74. The third-order valence-electron chi connectivity index (χ3n) is 4.76. The first-order chi connectivity index (χ1) is 13.7. The quantitative estimate of drug-likeness (QED) is 0.559. The SMILES string of the molecule is Nc1cccc(C(c2ccc(F)cc2)C(c2cccnc2)c2cccnc2)n1. The Kier molecular flexibility index (Phi) is 5.06. The first-order valence-corrected chi connectivity index (χ1v) is 9.00. The van der Waals surface area contributed by atoms with Crippen molar-refractivity contribution in [3.05, 3.63) is 120 Å². The van der Waals surface area contributed by atoms with Crippen LogP contribution >= 0.6 is 0 Å². The molecule has 0 amide bonds. The molecule has 0 fully saturated rings. The Morgan fingerprint density at radius 1 is 0.679 bits per heavy atom. The largest absolute Gasteiger partial charge is 0.384 e. The maximum atomic E-state index is 13.6. The van der Waals surface area contributed by atoms with E-state index < -0.39 is 0 Å². The average Bonchev–Trinajstić information content (AvgIpc) is 2.74. The van der Waals surface area contributed by atoms with Gasteiger partial charge >= 0.3 is 0 Å². The van der Waals surface area contributed by atoms with E-state index in [9.17, 15) is 4.39 Å². The van der Waals surface area contributed by atoms with E-state index in [-0.39, 0.29) is 17.7 Å². The van der Waals surface area contributed by atoms with Crippen LogP contribution in [0.5, 0.6) is 0 Å². The summed E-state index contributed by atoms with van der Waals surface area (Å²) < 4.78 is 13.6. The predicted octanol–water partition coefficient (Wildman–Crippen LogP) is 4.56.